The minimum atomic E-state index is -1.49. The number of carbonyl (C=O) groups is 4. The maximum atomic E-state index is 12.1. The van der Waals surface area contributed by atoms with Crippen LogP contribution in [0.2, 0.25) is 0 Å². The average Bonchev–Trinajstić information content (AvgIpc) is 2.50. The third kappa shape index (κ3) is 8.41. The second-order valence-electron chi connectivity index (χ2n) is 5.20. The van der Waals surface area contributed by atoms with Gasteiger partial charge in [0.05, 0.1) is 19.1 Å². The largest absolute Gasteiger partial charge is 0.480 e. The van der Waals surface area contributed by atoms with Crippen molar-refractivity contribution in [2.24, 2.45) is 17.2 Å². The maximum Gasteiger partial charge on any atom is 0.328 e. The molecule has 10 N–H and O–H groups in total. The van der Waals surface area contributed by atoms with Gasteiger partial charge in [0.2, 0.25) is 17.7 Å². The lowest BCUT2D eigenvalue weighted by Gasteiger charge is -2.22. The Bertz CT molecular complexity index is 458. The van der Waals surface area contributed by atoms with Crippen molar-refractivity contribution >= 4 is 23.7 Å². The summed E-state index contributed by atoms with van der Waals surface area (Å²) in [6.07, 6.45) is 0.888. The molecular weight excluding hydrogens is 322 g/mol. The molecule has 0 aliphatic rings. The zero-order valence-corrected chi connectivity index (χ0v) is 13.2. The van der Waals surface area contributed by atoms with Crippen LogP contribution in [0.4, 0.5) is 0 Å². The van der Waals surface area contributed by atoms with E-state index in [1.807, 2.05) is 0 Å². The standard InChI is InChI=1S/C13H25N5O6/c14-4-2-1-3-8(12(22)18-9(6-19)13(23)24)17-11(21)7(15)5-10(16)20/h7-9,19H,1-6,14-15H2,(H2,16,20)(H,17,21)(H,18,22)(H,23,24)/t7-,8-,9-/m0/s1. The molecule has 24 heavy (non-hydrogen) atoms. The first kappa shape index (κ1) is 21.8. The van der Waals surface area contributed by atoms with Gasteiger partial charge >= 0.3 is 5.97 Å². The van der Waals surface area contributed by atoms with Crippen LogP contribution in [0, 0.1) is 0 Å². The Labute approximate surface area is 138 Å². The van der Waals surface area contributed by atoms with Crippen LogP contribution in [0.15, 0.2) is 0 Å². The molecule has 0 aromatic carbocycles. The van der Waals surface area contributed by atoms with E-state index in [2.05, 4.69) is 10.6 Å². The molecule has 0 spiro atoms. The number of carbonyl (C=O) groups excluding carboxylic acids is 3. The lowest BCUT2D eigenvalue weighted by molar-refractivity contribution is -0.143. The fourth-order valence-electron chi connectivity index (χ4n) is 1.81. The summed E-state index contributed by atoms with van der Waals surface area (Å²) in [5.74, 6) is -3.73. The summed E-state index contributed by atoms with van der Waals surface area (Å²) >= 11 is 0. The number of aliphatic hydroxyl groups excluding tert-OH is 1. The van der Waals surface area contributed by atoms with E-state index >= 15 is 0 Å². The fourth-order valence-corrected chi connectivity index (χ4v) is 1.81. The van der Waals surface area contributed by atoms with Crippen molar-refractivity contribution in [1.29, 1.82) is 0 Å². The summed E-state index contributed by atoms with van der Waals surface area (Å²) < 4.78 is 0. The van der Waals surface area contributed by atoms with Crippen LogP contribution < -0.4 is 27.8 Å². The zero-order chi connectivity index (χ0) is 18.7. The molecule has 0 aliphatic carbocycles. The molecule has 0 aromatic heterocycles. The molecule has 11 nitrogen and oxygen atoms in total. The SMILES string of the molecule is NCCCC[C@H](NC(=O)[C@@H](N)CC(N)=O)C(=O)N[C@@H](CO)C(=O)O. The smallest absolute Gasteiger partial charge is 0.328 e. The Morgan fingerprint density at radius 3 is 2.04 bits per heavy atom. The Balaban J connectivity index is 4.88. The molecule has 0 saturated heterocycles. The topological polar surface area (TPSA) is 211 Å². The van der Waals surface area contributed by atoms with Gasteiger partial charge in [0.1, 0.15) is 12.1 Å². The molecule has 3 amide bonds. The maximum absolute atomic E-state index is 12.1. The van der Waals surface area contributed by atoms with Crippen molar-refractivity contribution in [2.75, 3.05) is 13.2 Å². The number of unbranched alkanes of at least 4 members (excludes halogenated alkanes) is 1. The van der Waals surface area contributed by atoms with Crippen LogP contribution in [-0.2, 0) is 19.2 Å². The number of nitrogens with one attached hydrogen (secondary N) is 2. The van der Waals surface area contributed by atoms with Crippen molar-refractivity contribution in [3.63, 3.8) is 0 Å². The zero-order valence-electron chi connectivity index (χ0n) is 13.2. The highest BCUT2D eigenvalue weighted by molar-refractivity contribution is 5.93. The molecule has 0 aromatic rings. The van der Waals surface area contributed by atoms with E-state index in [0.717, 1.165) is 0 Å². The first-order valence-corrected chi connectivity index (χ1v) is 7.41. The number of hydrogen-bond donors (Lipinski definition) is 7. The number of nitrogens with two attached hydrogens (primary N) is 3. The second-order valence-corrected chi connectivity index (χ2v) is 5.20. The molecule has 0 aliphatic heterocycles. The second kappa shape index (κ2) is 11.3. The number of hydrogen-bond acceptors (Lipinski definition) is 7. The predicted octanol–water partition coefficient (Wildman–Crippen LogP) is -3.64. The van der Waals surface area contributed by atoms with Gasteiger partial charge in [0.15, 0.2) is 0 Å². The van der Waals surface area contributed by atoms with Crippen molar-refractivity contribution in [1.82, 2.24) is 10.6 Å². The van der Waals surface area contributed by atoms with Crippen molar-refractivity contribution < 1.29 is 29.4 Å². The van der Waals surface area contributed by atoms with Gasteiger partial charge in [-0.2, -0.15) is 0 Å². The molecule has 0 fully saturated rings. The number of aliphatic carboxylic acids is 1. The third-order valence-corrected chi connectivity index (χ3v) is 3.13. The summed E-state index contributed by atoms with van der Waals surface area (Å²) in [7, 11) is 0. The van der Waals surface area contributed by atoms with E-state index in [1.54, 1.807) is 0 Å². The molecule has 0 rings (SSSR count). The van der Waals surface area contributed by atoms with Crippen molar-refractivity contribution in [2.45, 2.75) is 43.8 Å². The summed E-state index contributed by atoms with van der Waals surface area (Å²) in [6.45, 7) is -0.413. The number of carboxylic acid groups (broad SMARTS) is 1. The minimum absolute atomic E-state index is 0.190. The normalized spacial score (nSPS) is 14.3. The predicted molar refractivity (Wildman–Crippen MR) is 83.3 cm³/mol. The van der Waals surface area contributed by atoms with Gasteiger partial charge in [-0.15, -0.1) is 0 Å². The Morgan fingerprint density at radius 1 is 1.00 bits per heavy atom. The Morgan fingerprint density at radius 2 is 1.58 bits per heavy atom. The molecule has 11 heteroatoms. The number of rotatable bonds is 12. The van der Waals surface area contributed by atoms with Gasteiger partial charge in [-0.25, -0.2) is 4.79 Å². The van der Waals surface area contributed by atoms with Gasteiger partial charge in [-0.3, -0.25) is 14.4 Å². The lowest BCUT2D eigenvalue weighted by Crippen LogP contribution is -2.55. The van der Waals surface area contributed by atoms with E-state index in [9.17, 15) is 19.2 Å². The van der Waals surface area contributed by atoms with Crippen LogP contribution in [0.1, 0.15) is 25.7 Å². The highest BCUT2D eigenvalue weighted by Gasteiger charge is 2.27. The molecule has 0 bridgehead atoms. The van der Waals surface area contributed by atoms with Crippen LogP contribution in [0.3, 0.4) is 0 Å². The number of carboxylic acids is 1. The first-order valence-electron chi connectivity index (χ1n) is 7.41. The average molecular weight is 347 g/mol. The van der Waals surface area contributed by atoms with Crippen LogP contribution in [0.5, 0.6) is 0 Å². The van der Waals surface area contributed by atoms with E-state index < -0.39 is 54.8 Å². The monoisotopic (exact) mass is 347 g/mol. The Kier molecular flexibility index (Phi) is 10.3. The number of primary amides is 1. The summed E-state index contributed by atoms with van der Waals surface area (Å²) in [4.78, 5) is 45.7. The molecule has 138 valence electrons. The molecule has 3 atom stereocenters. The Hall–Kier alpha value is -2.24. The highest BCUT2D eigenvalue weighted by atomic mass is 16.4. The number of aliphatic hydroxyl groups is 1. The van der Waals surface area contributed by atoms with Crippen LogP contribution in [0.25, 0.3) is 0 Å². The summed E-state index contributed by atoms with van der Waals surface area (Å²) in [6, 6.07) is -3.79. The summed E-state index contributed by atoms with van der Waals surface area (Å²) in [5.41, 5.74) is 15.8. The van der Waals surface area contributed by atoms with Crippen molar-refractivity contribution in [3.05, 3.63) is 0 Å². The quantitative estimate of drug-likeness (QED) is 0.174. The van der Waals surface area contributed by atoms with Crippen LogP contribution in [-0.4, -0.2) is 65.2 Å². The third-order valence-electron chi connectivity index (χ3n) is 3.13. The minimum Gasteiger partial charge on any atom is -0.480 e. The van der Waals surface area contributed by atoms with Gasteiger partial charge in [0.25, 0.3) is 0 Å². The van der Waals surface area contributed by atoms with Crippen molar-refractivity contribution in [3.8, 4) is 0 Å². The van der Waals surface area contributed by atoms with E-state index in [0.29, 0.717) is 19.4 Å². The highest BCUT2D eigenvalue weighted by Crippen LogP contribution is 2.03. The molecular formula is C13H25N5O6. The van der Waals surface area contributed by atoms with Gasteiger partial charge < -0.3 is 38.0 Å². The number of amides is 3. The van der Waals surface area contributed by atoms with E-state index in [1.165, 1.54) is 0 Å². The molecule has 0 unspecified atom stereocenters. The van der Waals surface area contributed by atoms with Gasteiger partial charge in [0, 0.05) is 0 Å². The first-order chi connectivity index (χ1) is 11.2. The van der Waals surface area contributed by atoms with E-state index in [4.69, 9.17) is 27.4 Å². The fraction of sp³-hybridized carbons (Fsp3) is 0.692. The molecule has 0 saturated carbocycles. The molecule has 0 heterocycles. The lowest BCUT2D eigenvalue weighted by atomic mass is 10.1. The summed E-state index contributed by atoms with van der Waals surface area (Å²) in [5, 5.41) is 22.2. The van der Waals surface area contributed by atoms with Crippen LogP contribution >= 0.6 is 0 Å². The van der Waals surface area contributed by atoms with Gasteiger partial charge in [-0.05, 0) is 25.8 Å². The molecule has 0 radical (unpaired) electrons. The van der Waals surface area contributed by atoms with E-state index in [-0.39, 0.29) is 6.42 Å². The van der Waals surface area contributed by atoms with Gasteiger partial charge in [-0.1, -0.05) is 0 Å².